The van der Waals surface area contributed by atoms with Crippen LogP contribution >= 0.6 is 0 Å². The molecule has 1 aliphatic rings. The molecule has 0 aromatic carbocycles. The molecule has 2 N–H and O–H groups in total. The van der Waals surface area contributed by atoms with Crippen molar-refractivity contribution in [1.29, 1.82) is 0 Å². The monoisotopic (exact) mass is 222 g/mol. The van der Waals surface area contributed by atoms with Crippen molar-refractivity contribution >= 4 is 5.82 Å². The lowest BCUT2D eigenvalue weighted by Gasteiger charge is -2.24. The van der Waals surface area contributed by atoms with Crippen LogP contribution in [0.3, 0.4) is 0 Å². The summed E-state index contributed by atoms with van der Waals surface area (Å²) in [5.74, 6) is 0.794. The third kappa shape index (κ3) is 2.38. The molecular formula is C12H22N4. The molecule has 4 heteroatoms. The Bertz CT molecular complexity index is 332. The number of anilines is 1. The fourth-order valence-corrected chi connectivity index (χ4v) is 2.49. The Morgan fingerprint density at radius 3 is 2.81 bits per heavy atom. The second-order valence-corrected chi connectivity index (χ2v) is 4.92. The van der Waals surface area contributed by atoms with Gasteiger partial charge in [0.25, 0.3) is 0 Å². The smallest absolute Gasteiger partial charge is 0.121 e. The van der Waals surface area contributed by atoms with Gasteiger partial charge >= 0.3 is 0 Å². The first-order valence-corrected chi connectivity index (χ1v) is 6.21. The molecule has 1 aromatic heterocycles. The van der Waals surface area contributed by atoms with E-state index >= 15 is 0 Å². The molecule has 0 bridgehead atoms. The first kappa shape index (κ1) is 11.5. The molecule has 2 heterocycles. The minimum absolute atomic E-state index is 0.485. The van der Waals surface area contributed by atoms with Gasteiger partial charge in [-0.2, -0.15) is 5.10 Å². The number of nitrogens with two attached hydrogens (primary N) is 1. The van der Waals surface area contributed by atoms with E-state index < -0.39 is 0 Å². The molecule has 0 amide bonds. The van der Waals surface area contributed by atoms with Crippen molar-refractivity contribution in [3.8, 4) is 0 Å². The molecule has 1 atom stereocenters. The van der Waals surface area contributed by atoms with Gasteiger partial charge in [0, 0.05) is 12.6 Å². The third-order valence-electron chi connectivity index (χ3n) is 3.51. The molecule has 2 rings (SSSR count). The van der Waals surface area contributed by atoms with E-state index in [4.69, 9.17) is 5.73 Å². The van der Waals surface area contributed by atoms with Crippen molar-refractivity contribution in [2.45, 2.75) is 45.2 Å². The summed E-state index contributed by atoms with van der Waals surface area (Å²) < 4.78 is 1.99. The van der Waals surface area contributed by atoms with Crippen molar-refractivity contribution < 1.29 is 0 Å². The number of aromatic nitrogens is 2. The van der Waals surface area contributed by atoms with Gasteiger partial charge in [-0.15, -0.1) is 0 Å². The van der Waals surface area contributed by atoms with Gasteiger partial charge in [-0.05, 0) is 45.7 Å². The van der Waals surface area contributed by atoms with E-state index in [-0.39, 0.29) is 0 Å². The molecule has 1 saturated heterocycles. The van der Waals surface area contributed by atoms with Crippen LogP contribution in [0.5, 0.6) is 0 Å². The van der Waals surface area contributed by atoms with Gasteiger partial charge in [0.05, 0.1) is 12.2 Å². The minimum Gasteiger partial charge on any atom is -0.384 e. The molecule has 1 aromatic rings. The van der Waals surface area contributed by atoms with E-state index in [0.717, 1.165) is 18.8 Å². The lowest BCUT2D eigenvalue weighted by atomic mass is 10.1. The molecule has 16 heavy (non-hydrogen) atoms. The molecule has 4 nitrogen and oxygen atoms in total. The topological polar surface area (TPSA) is 47.1 Å². The summed E-state index contributed by atoms with van der Waals surface area (Å²) in [7, 11) is 0. The van der Waals surface area contributed by atoms with Crippen LogP contribution in [-0.4, -0.2) is 33.8 Å². The van der Waals surface area contributed by atoms with Gasteiger partial charge in [-0.25, -0.2) is 4.68 Å². The summed E-state index contributed by atoms with van der Waals surface area (Å²) in [6, 6.07) is 3.01. The zero-order chi connectivity index (χ0) is 11.5. The third-order valence-corrected chi connectivity index (χ3v) is 3.51. The standard InChI is InChI=1S/C12H22N4/c1-10(2)15-8-3-4-11(6-9-15)16-12(13)5-7-14-16/h5,7,10-11H,3-4,6,8-9,13H2,1-2H3. The Morgan fingerprint density at radius 2 is 2.19 bits per heavy atom. The van der Waals surface area contributed by atoms with Crippen molar-refractivity contribution in [3.63, 3.8) is 0 Å². The zero-order valence-corrected chi connectivity index (χ0v) is 10.3. The fourth-order valence-electron chi connectivity index (χ4n) is 2.49. The van der Waals surface area contributed by atoms with E-state index in [1.807, 2.05) is 10.7 Å². The number of hydrogen-bond acceptors (Lipinski definition) is 3. The summed E-state index contributed by atoms with van der Waals surface area (Å²) in [5.41, 5.74) is 5.90. The van der Waals surface area contributed by atoms with Crippen LogP contribution in [0, 0.1) is 0 Å². The predicted octanol–water partition coefficient (Wildman–Crippen LogP) is 1.90. The highest BCUT2D eigenvalue weighted by Crippen LogP contribution is 2.24. The summed E-state index contributed by atoms with van der Waals surface area (Å²) >= 11 is 0. The van der Waals surface area contributed by atoms with E-state index in [0.29, 0.717) is 12.1 Å². The summed E-state index contributed by atoms with van der Waals surface area (Å²) in [6.45, 7) is 6.89. The molecule has 0 radical (unpaired) electrons. The van der Waals surface area contributed by atoms with Crippen LogP contribution < -0.4 is 5.73 Å². The van der Waals surface area contributed by atoms with Crippen LogP contribution in [-0.2, 0) is 0 Å². The predicted molar refractivity (Wildman–Crippen MR) is 66.2 cm³/mol. The lowest BCUT2D eigenvalue weighted by Crippen LogP contribution is -2.31. The fraction of sp³-hybridized carbons (Fsp3) is 0.750. The maximum Gasteiger partial charge on any atom is 0.121 e. The maximum absolute atomic E-state index is 5.90. The van der Waals surface area contributed by atoms with Gasteiger partial charge in [0.1, 0.15) is 5.82 Å². The number of hydrogen-bond donors (Lipinski definition) is 1. The highest BCUT2D eigenvalue weighted by molar-refractivity contribution is 5.26. The second-order valence-electron chi connectivity index (χ2n) is 4.92. The summed E-state index contributed by atoms with van der Waals surface area (Å²) in [6.07, 6.45) is 5.38. The summed E-state index contributed by atoms with van der Waals surface area (Å²) in [4.78, 5) is 2.54. The Hall–Kier alpha value is -1.03. The average Bonchev–Trinajstić information content (AvgIpc) is 2.54. The number of rotatable bonds is 2. The number of likely N-dealkylation sites (tertiary alicyclic amines) is 1. The Labute approximate surface area is 97.4 Å². The van der Waals surface area contributed by atoms with Crippen molar-refractivity contribution in [2.75, 3.05) is 18.8 Å². The molecule has 0 spiro atoms. The highest BCUT2D eigenvalue weighted by atomic mass is 15.3. The van der Waals surface area contributed by atoms with Gasteiger partial charge in [0.15, 0.2) is 0 Å². The molecule has 0 saturated carbocycles. The molecular weight excluding hydrogens is 200 g/mol. The van der Waals surface area contributed by atoms with Crippen LogP contribution in [0.4, 0.5) is 5.82 Å². The van der Waals surface area contributed by atoms with E-state index in [1.54, 1.807) is 6.20 Å². The second kappa shape index (κ2) is 4.87. The molecule has 1 fully saturated rings. The van der Waals surface area contributed by atoms with Crippen molar-refractivity contribution in [2.24, 2.45) is 0 Å². The minimum atomic E-state index is 0.485. The van der Waals surface area contributed by atoms with Crippen molar-refractivity contribution in [1.82, 2.24) is 14.7 Å². The first-order valence-electron chi connectivity index (χ1n) is 6.21. The molecule has 1 unspecified atom stereocenters. The van der Waals surface area contributed by atoms with Crippen molar-refractivity contribution in [3.05, 3.63) is 12.3 Å². The van der Waals surface area contributed by atoms with Gasteiger partial charge in [0.2, 0.25) is 0 Å². The van der Waals surface area contributed by atoms with Crippen LogP contribution in [0.15, 0.2) is 12.3 Å². The number of nitrogen functional groups attached to an aromatic ring is 1. The van der Waals surface area contributed by atoms with E-state index in [1.165, 1.54) is 19.4 Å². The zero-order valence-electron chi connectivity index (χ0n) is 10.3. The molecule has 90 valence electrons. The average molecular weight is 222 g/mol. The summed E-state index contributed by atoms with van der Waals surface area (Å²) in [5, 5.41) is 4.32. The largest absolute Gasteiger partial charge is 0.384 e. The quantitative estimate of drug-likeness (QED) is 0.831. The van der Waals surface area contributed by atoms with Gasteiger partial charge in [-0.3, -0.25) is 0 Å². The van der Waals surface area contributed by atoms with Crippen LogP contribution in [0.2, 0.25) is 0 Å². The van der Waals surface area contributed by atoms with Crippen LogP contribution in [0.25, 0.3) is 0 Å². The Kier molecular flexibility index (Phi) is 3.49. The highest BCUT2D eigenvalue weighted by Gasteiger charge is 2.20. The molecule has 0 aliphatic carbocycles. The van der Waals surface area contributed by atoms with E-state index in [2.05, 4.69) is 23.8 Å². The van der Waals surface area contributed by atoms with E-state index in [9.17, 15) is 0 Å². The normalized spacial score (nSPS) is 23.6. The number of nitrogens with zero attached hydrogens (tertiary/aromatic N) is 3. The van der Waals surface area contributed by atoms with Gasteiger partial charge in [-0.1, -0.05) is 0 Å². The van der Waals surface area contributed by atoms with Gasteiger partial charge < -0.3 is 10.6 Å². The maximum atomic E-state index is 5.90. The van der Waals surface area contributed by atoms with Crippen LogP contribution in [0.1, 0.15) is 39.2 Å². The Morgan fingerprint density at radius 1 is 1.38 bits per heavy atom. The lowest BCUT2D eigenvalue weighted by molar-refractivity contribution is 0.227. The first-order chi connectivity index (χ1) is 7.68. The Balaban J connectivity index is 2.02. The SMILES string of the molecule is CC(C)N1CCCC(n2nccc2N)CC1. The molecule has 1 aliphatic heterocycles.